The molecule has 1 saturated heterocycles. The van der Waals surface area contributed by atoms with E-state index < -0.39 is 27.2 Å². The van der Waals surface area contributed by atoms with Gasteiger partial charge in [0.1, 0.15) is 6.04 Å². The second-order valence-electron chi connectivity index (χ2n) is 10.8. The summed E-state index contributed by atoms with van der Waals surface area (Å²) in [7, 11) is -1.62. The highest BCUT2D eigenvalue weighted by atomic mass is 32.2. The summed E-state index contributed by atoms with van der Waals surface area (Å²) in [6.07, 6.45) is 1.42. The molecule has 8 nitrogen and oxygen atoms in total. The van der Waals surface area contributed by atoms with Gasteiger partial charge in [-0.05, 0) is 43.1 Å². The number of piperazine rings is 1. The molecule has 224 valence electrons. The molecule has 0 aliphatic carbocycles. The van der Waals surface area contributed by atoms with Gasteiger partial charge in [0, 0.05) is 43.9 Å². The molecule has 0 spiro atoms. The maximum absolute atomic E-state index is 13.8. The van der Waals surface area contributed by atoms with Gasteiger partial charge >= 0.3 is 6.03 Å². The third kappa shape index (κ3) is 9.34. The van der Waals surface area contributed by atoms with Gasteiger partial charge in [-0.2, -0.15) is 12.6 Å². The summed E-state index contributed by atoms with van der Waals surface area (Å²) < 4.78 is 26.4. The lowest BCUT2D eigenvalue weighted by Gasteiger charge is -2.34. The molecule has 2 N–H and O–H groups in total. The Morgan fingerprint density at radius 2 is 1.36 bits per heavy atom. The lowest BCUT2D eigenvalue weighted by molar-refractivity contribution is -0.123. The van der Waals surface area contributed by atoms with Crippen molar-refractivity contribution in [2.45, 2.75) is 41.5 Å². The molecule has 1 aliphatic heterocycles. The number of likely N-dealkylation sites (N-methyl/N-ethyl adjacent to an activating group) is 1. The van der Waals surface area contributed by atoms with Gasteiger partial charge in [0.15, 0.2) is 9.84 Å². The van der Waals surface area contributed by atoms with Crippen molar-refractivity contribution >= 4 is 34.4 Å². The molecule has 0 saturated carbocycles. The number of carbonyl (C=O) groups is 2. The largest absolute Gasteiger partial charge is 0.350 e. The van der Waals surface area contributed by atoms with Gasteiger partial charge in [0.25, 0.3) is 0 Å². The fraction of sp³-hybridized carbons (Fsp3) is 0.375. The third-order valence-corrected chi connectivity index (χ3v) is 10.1. The predicted molar refractivity (Wildman–Crippen MR) is 169 cm³/mol. The van der Waals surface area contributed by atoms with Crippen molar-refractivity contribution in [3.8, 4) is 0 Å². The maximum atomic E-state index is 13.8. The van der Waals surface area contributed by atoms with Crippen LogP contribution in [0.25, 0.3) is 0 Å². The van der Waals surface area contributed by atoms with Crippen LogP contribution in [-0.4, -0.2) is 86.5 Å². The van der Waals surface area contributed by atoms with Crippen molar-refractivity contribution in [2.75, 3.05) is 39.0 Å². The van der Waals surface area contributed by atoms with Crippen molar-refractivity contribution < 1.29 is 18.0 Å². The minimum absolute atomic E-state index is 0.221. The average Bonchev–Trinajstić information content (AvgIpc) is 3.00. The smallest absolute Gasteiger partial charge is 0.318 e. The number of amides is 3. The zero-order chi connectivity index (χ0) is 30.0. The van der Waals surface area contributed by atoms with E-state index in [4.69, 9.17) is 12.6 Å². The normalized spacial score (nSPS) is 16.3. The number of aryl methyl sites for hydroxylation is 1. The minimum Gasteiger partial charge on any atom is -0.350 e. The molecule has 1 heterocycles. The molecule has 3 aromatic carbocycles. The Kier molecular flexibility index (Phi) is 11.5. The van der Waals surface area contributed by atoms with Gasteiger partial charge in [-0.3, -0.25) is 4.79 Å². The predicted octanol–water partition coefficient (Wildman–Crippen LogP) is 3.44. The Hall–Kier alpha value is -3.34. The van der Waals surface area contributed by atoms with E-state index in [0.29, 0.717) is 32.4 Å². The molecule has 0 radical (unpaired) electrons. The standard InChI is InChI=1S/C32H40N4O4S2/c1-35-19-21-36(22-20-35)32(38)34-29(23-26-13-7-3-8-14-26)31(37)33-28(18-17-25-11-5-2-6-12-25)30(41)24-42(39,40)27-15-9-4-10-16-27/h2-16,28-30,41H,17-24H2,1H3,(H,33,37)(H,34,38)/t28-,29-,30+/m0/s1. The molecule has 0 aromatic heterocycles. The second-order valence-corrected chi connectivity index (χ2v) is 13.5. The van der Waals surface area contributed by atoms with Crippen LogP contribution in [0.4, 0.5) is 4.79 Å². The third-order valence-electron chi connectivity index (χ3n) is 7.56. The van der Waals surface area contributed by atoms with E-state index in [1.807, 2.05) is 67.7 Å². The number of hydrogen-bond acceptors (Lipinski definition) is 6. The first-order chi connectivity index (χ1) is 20.2. The topological polar surface area (TPSA) is 98.8 Å². The number of nitrogens with zero attached hydrogens (tertiary/aromatic N) is 2. The van der Waals surface area contributed by atoms with E-state index >= 15 is 0 Å². The molecule has 0 unspecified atom stereocenters. The van der Waals surface area contributed by atoms with Crippen molar-refractivity contribution in [3.05, 3.63) is 102 Å². The summed E-state index contributed by atoms with van der Waals surface area (Å²) in [5.74, 6) is -0.604. The SMILES string of the molecule is CN1CCN(C(=O)N[C@@H](Cc2ccccc2)C(=O)N[C@@H](CCc2ccccc2)[C@H](S)CS(=O)(=O)c2ccccc2)CC1. The number of sulfone groups is 1. The average molecular weight is 609 g/mol. The van der Waals surface area contributed by atoms with Crippen molar-refractivity contribution in [1.82, 2.24) is 20.4 Å². The zero-order valence-corrected chi connectivity index (χ0v) is 25.6. The van der Waals surface area contributed by atoms with Crippen LogP contribution in [0.2, 0.25) is 0 Å². The Morgan fingerprint density at radius 1 is 0.810 bits per heavy atom. The Labute approximate surface area is 254 Å². The Bertz CT molecular complexity index is 1380. The number of urea groups is 1. The number of thiol groups is 1. The van der Waals surface area contributed by atoms with Gasteiger partial charge in [0.2, 0.25) is 5.91 Å². The van der Waals surface area contributed by atoms with E-state index in [-0.39, 0.29) is 22.6 Å². The van der Waals surface area contributed by atoms with Crippen LogP contribution in [-0.2, 0) is 27.5 Å². The van der Waals surface area contributed by atoms with Crippen LogP contribution >= 0.6 is 12.6 Å². The number of carbonyl (C=O) groups excluding carboxylic acids is 2. The molecule has 42 heavy (non-hydrogen) atoms. The molecule has 4 rings (SSSR count). The van der Waals surface area contributed by atoms with Gasteiger partial charge in [-0.15, -0.1) is 0 Å². The molecule has 1 fully saturated rings. The lowest BCUT2D eigenvalue weighted by Crippen LogP contribution is -2.57. The van der Waals surface area contributed by atoms with Crippen LogP contribution in [0.3, 0.4) is 0 Å². The molecular formula is C32H40N4O4S2. The Morgan fingerprint density at radius 3 is 1.95 bits per heavy atom. The van der Waals surface area contributed by atoms with E-state index in [0.717, 1.165) is 24.2 Å². The number of nitrogens with one attached hydrogen (secondary N) is 2. The van der Waals surface area contributed by atoms with Gasteiger partial charge in [-0.25, -0.2) is 13.2 Å². The van der Waals surface area contributed by atoms with Crippen LogP contribution in [0.1, 0.15) is 17.5 Å². The highest BCUT2D eigenvalue weighted by Gasteiger charge is 2.31. The molecule has 1 aliphatic rings. The second kappa shape index (κ2) is 15.2. The van der Waals surface area contributed by atoms with Crippen LogP contribution in [0.15, 0.2) is 95.9 Å². The van der Waals surface area contributed by atoms with E-state index in [2.05, 4.69) is 15.5 Å². The highest BCUT2D eigenvalue weighted by Crippen LogP contribution is 2.19. The fourth-order valence-electron chi connectivity index (χ4n) is 4.98. The molecule has 3 atom stereocenters. The van der Waals surface area contributed by atoms with Crippen molar-refractivity contribution in [2.24, 2.45) is 0 Å². The fourth-order valence-corrected chi connectivity index (χ4v) is 7.24. The summed E-state index contributed by atoms with van der Waals surface area (Å²) >= 11 is 4.72. The van der Waals surface area contributed by atoms with Crippen molar-refractivity contribution in [3.63, 3.8) is 0 Å². The first kappa shape index (κ1) is 31.6. The van der Waals surface area contributed by atoms with E-state index in [1.165, 1.54) is 0 Å². The van der Waals surface area contributed by atoms with Crippen molar-refractivity contribution in [1.29, 1.82) is 0 Å². The molecular weight excluding hydrogens is 569 g/mol. The lowest BCUT2D eigenvalue weighted by atomic mass is 10.0. The number of benzene rings is 3. The monoisotopic (exact) mass is 608 g/mol. The number of rotatable bonds is 12. The first-order valence-electron chi connectivity index (χ1n) is 14.3. The zero-order valence-electron chi connectivity index (χ0n) is 23.9. The van der Waals surface area contributed by atoms with Gasteiger partial charge in [0.05, 0.1) is 10.6 Å². The van der Waals surface area contributed by atoms with Gasteiger partial charge < -0.3 is 20.4 Å². The summed E-state index contributed by atoms with van der Waals surface area (Å²) in [4.78, 5) is 31.2. The summed E-state index contributed by atoms with van der Waals surface area (Å²) in [6.45, 7) is 2.69. The summed E-state index contributed by atoms with van der Waals surface area (Å²) in [6, 6.07) is 26.0. The van der Waals surface area contributed by atoms with E-state index in [9.17, 15) is 18.0 Å². The number of hydrogen-bond donors (Lipinski definition) is 3. The van der Waals surface area contributed by atoms with E-state index in [1.54, 1.807) is 35.2 Å². The summed E-state index contributed by atoms with van der Waals surface area (Å²) in [5, 5.41) is 5.36. The molecule has 3 aromatic rings. The van der Waals surface area contributed by atoms with Crippen LogP contribution in [0.5, 0.6) is 0 Å². The molecule has 10 heteroatoms. The quantitative estimate of drug-likeness (QED) is 0.274. The highest BCUT2D eigenvalue weighted by molar-refractivity contribution is 7.92. The van der Waals surface area contributed by atoms with Crippen LogP contribution in [0, 0.1) is 0 Å². The molecule has 3 amide bonds. The molecule has 0 bridgehead atoms. The van der Waals surface area contributed by atoms with Crippen LogP contribution < -0.4 is 10.6 Å². The summed E-state index contributed by atoms with van der Waals surface area (Å²) in [5.41, 5.74) is 1.98. The Balaban J connectivity index is 1.52. The first-order valence-corrected chi connectivity index (χ1v) is 16.5. The van der Waals surface area contributed by atoms with Gasteiger partial charge in [-0.1, -0.05) is 78.9 Å². The minimum atomic E-state index is -3.64. The maximum Gasteiger partial charge on any atom is 0.318 e.